The van der Waals surface area contributed by atoms with E-state index < -0.39 is 0 Å². The smallest absolute Gasteiger partial charge is 0.149 e. The van der Waals surface area contributed by atoms with Crippen LogP contribution < -0.4 is 5.32 Å². The summed E-state index contributed by atoms with van der Waals surface area (Å²) in [6.45, 7) is 7.35. The lowest BCUT2D eigenvalue weighted by atomic mass is 10.1. The van der Waals surface area contributed by atoms with Gasteiger partial charge in [-0.2, -0.15) is 0 Å². The second kappa shape index (κ2) is 3.88. The maximum atomic E-state index is 10.2. The molecule has 0 spiro atoms. The van der Waals surface area contributed by atoms with Crippen molar-refractivity contribution in [1.82, 2.24) is 5.32 Å². The molecular formula is C8H13NO. The lowest BCUT2D eigenvalue weighted by Crippen LogP contribution is -2.05. The van der Waals surface area contributed by atoms with E-state index in [9.17, 15) is 4.79 Å². The van der Waals surface area contributed by atoms with Crippen molar-refractivity contribution in [3.05, 3.63) is 23.4 Å². The number of nitrogens with one attached hydrogen (secondary N) is 1. The number of carbonyl (C=O) groups is 1. The Morgan fingerprint density at radius 2 is 2.00 bits per heavy atom. The maximum Gasteiger partial charge on any atom is 0.149 e. The highest BCUT2D eigenvalue weighted by Gasteiger charge is 1.97. The summed E-state index contributed by atoms with van der Waals surface area (Å²) in [6.07, 6.45) is 0.760. The minimum Gasteiger partial charge on any atom is -0.391 e. The quantitative estimate of drug-likeness (QED) is 0.362. The van der Waals surface area contributed by atoms with Crippen molar-refractivity contribution in [2.24, 2.45) is 0 Å². The fourth-order valence-corrected chi connectivity index (χ4v) is 0.517. The van der Waals surface area contributed by atoms with Gasteiger partial charge in [0.05, 0.1) is 0 Å². The van der Waals surface area contributed by atoms with Crippen molar-refractivity contribution in [3.8, 4) is 0 Å². The first-order chi connectivity index (χ1) is 4.63. The van der Waals surface area contributed by atoms with Crippen LogP contribution in [0.15, 0.2) is 23.4 Å². The molecule has 0 saturated carbocycles. The van der Waals surface area contributed by atoms with Crippen LogP contribution >= 0.6 is 0 Å². The van der Waals surface area contributed by atoms with E-state index in [0.29, 0.717) is 5.57 Å². The average molecular weight is 139 g/mol. The molecule has 0 unspecified atom stereocenters. The van der Waals surface area contributed by atoms with E-state index in [4.69, 9.17) is 0 Å². The van der Waals surface area contributed by atoms with E-state index in [0.717, 1.165) is 17.6 Å². The first-order valence-electron chi connectivity index (χ1n) is 3.13. The highest BCUT2D eigenvalue weighted by atomic mass is 16.1. The van der Waals surface area contributed by atoms with Gasteiger partial charge in [-0.15, -0.1) is 0 Å². The zero-order valence-corrected chi connectivity index (χ0v) is 6.69. The summed E-state index contributed by atoms with van der Waals surface area (Å²) in [5.74, 6) is 0. The Morgan fingerprint density at radius 1 is 1.50 bits per heavy atom. The number of rotatable bonds is 3. The predicted molar refractivity (Wildman–Crippen MR) is 42.6 cm³/mol. The molecule has 0 aliphatic heterocycles. The van der Waals surface area contributed by atoms with Gasteiger partial charge in [-0.05, 0) is 19.4 Å². The van der Waals surface area contributed by atoms with Gasteiger partial charge in [-0.25, -0.2) is 0 Å². The summed E-state index contributed by atoms with van der Waals surface area (Å²) in [6, 6.07) is 0. The van der Waals surface area contributed by atoms with Gasteiger partial charge in [-0.1, -0.05) is 6.58 Å². The van der Waals surface area contributed by atoms with E-state index in [1.807, 2.05) is 20.9 Å². The molecule has 0 heterocycles. The van der Waals surface area contributed by atoms with Crippen molar-refractivity contribution in [3.63, 3.8) is 0 Å². The third-order valence-electron chi connectivity index (χ3n) is 1.56. The van der Waals surface area contributed by atoms with Crippen LogP contribution in [0.1, 0.15) is 13.8 Å². The average Bonchev–Trinajstić information content (AvgIpc) is 2.00. The molecule has 0 rings (SSSR count). The Balaban J connectivity index is 4.45. The number of hydrogen-bond donors (Lipinski definition) is 1. The molecule has 0 saturated heterocycles. The summed E-state index contributed by atoms with van der Waals surface area (Å²) < 4.78 is 0. The van der Waals surface area contributed by atoms with Crippen LogP contribution in [0.5, 0.6) is 0 Å². The third-order valence-corrected chi connectivity index (χ3v) is 1.56. The first-order valence-corrected chi connectivity index (χ1v) is 3.13. The molecule has 10 heavy (non-hydrogen) atoms. The van der Waals surface area contributed by atoms with Crippen molar-refractivity contribution in [1.29, 1.82) is 0 Å². The van der Waals surface area contributed by atoms with Gasteiger partial charge < -0.3 is 5.32 Å². The zero-order chi connectivity index (χ0) is 8.15. The molecular weight excluding hydrogens is 126 g/mol. The second-order valence-corrected chi connectivity index (χ2v) is 2.14. The fraction of sp³-hybridized carbons (Fsp3) is 0.375. The standard InChI is InChI=1S/C8H13NO/c1-6(5-10)7(2)8(3)9-4/h5,9H,1H2,2-4H3/b8-7-. The van der Waals surface area contributed by atoms with Gasteiger partial charge in [0.15, 0.2) is 0 Å². The minimum absolute atomic E-state index is 0.534. The Kier molecular flexibility index (Phi) is 3.47. The molecule has 56 valence electrons. The molecule has 2 nitrogen and oxygen atoms in total. The summed E-state index contributed by atoms with van der Waals surface area (Å²) in [7, 11) is 1.82. The van der Waals surface area contributed by atoms with Gasteiger partial charge in [-0.3, -0.25) is 4.79 Å². The van der Waals surface area contributed by atoms with Gasteiger partial charge >= 0.3 is 0 Å². The lowest BCUT2D eigenvalue weighted by Gasteiger charge is -2.04. The number of hydrogen-bond acceptors (Lipinski definition) is 2. The molecule has 0 aliphatic carbocycles. The van der Waals surface area contributed by atoms with Gasteiger partial charge in [0.2, 0.25) is 0 Å². The van der Waals surface area contributed by atoms with Gasteiger partial charge in [0, 0.05) is 18.3 Å². The van der Waals surface area contributed by atoms with Crippen LogP contribution in [0, 0.1) is 0 Å². The first kappa shape index (κ1) is 8.95. The molecule has 0 aromatic carbocycles. The van der Waals surface area contributed by atoms with Gasteiger partial charge in [0.25, 0.3) is 0 Å². The Hall–Kier alpha value is -1.05. The summed E-state index contributed by atoms with van der Waals surface area (Å²) in [4.78, 5) is 10.2. The summed E-state index contributed by atoms with van der Waals surface area (Å²) in [5, 5.41) is 2.94. The molecule has 0 fully saturated rings. The Labute approximate surface area is 61.6 Å². The SMILES string of the molecule is C=C(C=O)/C(C)=C(/C)NC. The molecule has 0 aromatic rings. The van der Waals surface area contributed by atoms with E-state index in [1.54, 1.807) is 0 Å². The van der Waals surface area contributed by atoms with E-state index >= 15 is 0 Å². The summed E-state index contributed by atoms with van der Waals surface area (Å²) >= 11 is 0. The molecule has 0 amide bonds. The molecule has 2 heteroatoms. The molecule has 0 aromatic heterocycles. The lowest BCUT2D eigenvalue weighted by molar-refractivity contribution is -0.104. The van der Waals surface area contributed by atoms with E-state index in [2.05, 4.69) is 11.9 Å². The van der Waals surface area contributed by atoms with Crippen molar-refractivity contribution in [2.45, 2.75) is 13.8 Å². The molecule has 0 bridgehead atoms. The molecule has 0 radical (unpaired) electrons. The van der Waals surface area contributed by atoms with Crippen molar-refractivity contribution < 1.29 is 4.79 Å². The highest BCUT2D eigenvalue weighted by molar-refractivity contribution is 5.79. The van der Waals surface area contributed by atoms with Crippen LogP contribution in [-0.4, -0.2) is 13.3 Å². The van der Waals surface area contributed by atoms with Crippen LogP contribution in [0.25, 0.3) is 0 Å². The Bertz CT molecular complexity index is 180. The van der Waals surface area contributed by atoms with Gasteiger partial charge in [0.1, 0.15) is 6.29 Å². The third kappa shape index (κ3) is 2.05. The Morgan fingerprint density at radius 3 is 2.30 bits per heavy atom. The number of aldehydes is 1. The number of carbonyl (C=O) groups excluding carboxylic acids is 1. The van der Waals surface area contributed by atoms with Crippen LogP contribution in [-0.2, 0) is 4.79 Å². The van der Waals surface area contributed by atoms with E-state index in [-0.39, 0.29) is 0 Å². The van der Waals surface area contributed by atoms with E-state index in [1.165, 1.54) is 0 Å². The second-order valence-electron chi connectivity index (χ2n) is 2.14. The van der Waals surface area contributed by atoms with Crippen LogP contribution in [0.3, 0.4) is 0 Å². The fourth-order valence-electron chi connectivity index (χ4n) is 0.517. The summed E-state index contributed by atoms with van der Waals surface area (Å²) in [5.41, 5.74) is 2.43. The molecule has 0 atom stereocenters. The normalized spacial score (nSPS) is 11.9. The largest absolute Gasteiger partial charge is 0.391 e. The van der Waals surface area contributed by atoms with Crippen LogP contribution in [0.4, 0.5) is 0 Å². The minimum atomic E-state index is 0.534. The zero-order valence-electron chi connectivity index (χ0n) is 6.69. The maximum absolute atomic E-state index is 10.2. The topological polar surface area (TPSA) is 29.1 Å². The monoisotopic (exact) mass is 139 g/mol. The van der Waals surface area contributed by atoms with Crippen LogP contribution in [0.2, 0.25) is 0 Å². The highest BCUT2D eigenvalue weighted by Crippen LogP contribution is 2.06. The number of allylic oxidation sites excluding steroid dienone is 3. The van der Waals surface area contributed by atoms with Crippen molar-refractivity contribution in [2.75, 3.05) is 7.05 Å². The van der Waals surface area contributed by atoms with Crippen molar-refractivity contribution >= 4 is 6.29 Å². The molecule has 1 N–H and O–H groups in total. The molecule has 0 aliphatic rings. The predicted octanol–water partition coefficient (Wildman–Crippen LogP) is 1.25.